The van der Waals surface area contributed by atoms with E-state index in [4.69, 9.17) is 9.47 Å². The molecule has 0 fully saturated rings. The zero-order valence-corrected chi connectivity index (χ0v) is 14.8. The molecule has 24 heavy (non-hydrogen) atoms. The van der Waals surface area contributed by atoms with Gasteiger partial charge >= 0.3 is 0 Å². The fourth-order valence-electron chi connectivity index (χ4n) is 2.06. The van der Waals surface area contributed by atoms with Crippen molar-refractivity contribution in [2.45, 2.75) is 24.8 Å². The van der Waals surface area contributed by atoms with Crippen molar-refractivity contribution in [1.82, 2.24) is 4.98 Å². The number of benzene rings is 1. The quantitative estimate of drug-likeness (QED) is 0.797. The van der Waals surface area contributed by atoms with Crippen LogP contribution >= 0.6 is 0 Å². The molecule has 0 saturated heterocycles. The Morgan fingerprint density at radius 1 is 1.08 bits per heavy atom. The second-order valence-electron chi connectivity index (χ2n) is 5.35. The van der Waals surface area contributed by atoms with Crippen LogP contribution in [0, 0.1) is 0 Å². The van der Waals surface area contributed by atoms with E-state index in [0.717, 1.165) is 5.69 Å². The molecule has 130 valence electrons. The SMILES string of the molecule is COc1ccc(S(=O)(=O)Nc2ccc(NC(C)C)cn2)c(OC)c1. The Balaban J connectivity index is 2.25. The lowest BCUT2D eigenvalue weighted by Crippen LogP contribution is -2.15. The molecular weight excluding hydrogens is 330 g/mol. The van der Waals surface area contributed by atoms with Crippen LogP contribution in [0.3, 0.4) is 0 Å². The Labute approximate surface area is 142 Å². The first-order valence-corrected chi connectivity index (χ1v) is 8.81. The molecule has 7 nitrogen and oxygen atoms in total. The first-order valence-electron chi connectivity index (χ1n) is 7.33. The molecular formula is C16H21N3O4S. The van der Waals surface area contributed by atoms with Gasteiger partial charge in [0.2, 0.25) is 0 Å². The molecule has 1 aromatic heterocycles. The topological polar surface area (TPSA) is 89.6 Å². The molecule has 2 rings (SSSR count). The zero-order valence-electron chi connectivity index (χ0n) is 14.0. The molecule has 2 aromatic rings. The minimum atomic E-state index is -3.83. The van der Waals surface area contributed by atoms with Crippen molar-refractivity contribution in [2.75, 3.05) is 24.3 Å². The highest BCUT2D eigenvalue weighted by atomic mass is 32.2. The predicted octanol–water partition coefficient (Wildman–Crippen LogP) is 2.72. The number of hydrogen-bond donors (Lipinski definition) is 2. The summed E-state index contributed by atoms with van der Waals surface area (Å²) >= 11 is 0. The highest BCUT2D eigenvalue weighted by Crippen LogP contribution is 2.29. The van der Waals surface area contributed by atoms with Gasteiger partial charge in [-0.25, -0.2) is 13.4 Å². The van der Waals surface area contributed by atoms with E-state index in [1.165, 1.54) is 26.4 Å². The monoisotopic (exact) mass is 351 g/mol. The van der Waals surface area contributed by atoms with E-state index in [1.807, 2.05) is 13.8 Å². The molecule has 8 heteroatoms. The molecule has 0 aliphatic rings. The van der Waals surface area contributed by atoms with Crippen LogP contribution in [0.25, 0.3) is 0 Å². The predicted molar refractivity (Wildman–Crippen MR) is 93.4 cm³/mol. The van der Waals surface area contributed by atoms with Gasteiger partial charge in [-0.1, -0.05) is 0 Å². The number of rotatable bonds is 7. The highest BCUT2D eigenvalue weighted by Gasteiger charge is 2.20. The summed E-state index contributed by atoms with van der Waals surface area (Å²) in [7, 11) is -0.931. The van der Waals surface area contributed by atoms with Crippen LogP contribution in [0.15, 0.2) is 41.4 Å². The lowest BCUT2D eigenvalue weighted by Gasteiger charge is -2.13. The fourth-order valence-corrected chi connectivity index (χ4v) is 3.22. The number of anilines is 2. The molecule has 1 aromatic carbocycles. The van der Waals surface area contributed by atoms with E-state index < -0.39 is 10.0 Å². The van der Waals surface area contributed by atoms with E-state index in [0.29, 0.717) is 5.75 Å². The summed E-state index contributed by atoms with van der Waals surface area (Å²) in [4.78, 5) is 4.12. The molecule has 0 aliphatic carbocycles. The van der Waals surface area contributed by atoms with Crippen molar-refractivity contribution in [3.8, 4) is 11.5 Å². The smallest absolute Gasteiger partial charge is 0.266 e. The Morgan fingerprint density at radius 3 is 2.38 bits per heavy atom. The van der Waals surface area contributed by atoms with Gasteiger partial charge in [-0.2, -0.15) is 0 Å². The largest absolute Gasteiger partial charge is 0.497 e. The number of ether oxygens (including phenoxy) is 2. The van der Waals surface area contributed by atoms with E-state index in [1.54, 1.807) is 24.4 Å². The van der Waals surface area contributed by atoms with Crippen LogP contribution in [0.5, 0.6) is 11.5 Å². The third-order valence-electron chi connectivity index (χ3n) is 3.12. The number of aromatic nitrogens is 1. The number of pyridine rings is 1. The Hall–Kier alpha value is -2.48. The van der Waals surface area contributed by atoms with Crippen LogP contribution in [-0.4, -0.2) is 33.7 Å². The van der Waals surface area contributed by atoms with Crippen molar-refractivity contribution in [2.24, 2.45) is 0 Å². The van der Waals surface area contributed by atoms with Crippen molar-refractivity contribution in [3.05, 3.63) is 36.5 Å². The highest BCUT2D eigenvalue weighted by molar-refractivity contribution is 7.92. The van der Waals surface area contributed by atoms with Gasteiger partial charge in [0.15, 0.2) is 0 Å². The van der Waals surface area contributed by atoms with Crippen molar-refractivity contribution in [1.29, 1.82) is 0 Å². The molecule has 0 radical (unpaired) electrons. The van der Waals surface area contributed by atoms with Crippen LogP contribution in [0.2, 0.25) is 0 Å². The Bertz CT molecular complexity index is 789. The van der Waals surface area contributed by atoms with Gasteiger partial charge in [-0.05, 0) is 38.1 Å². The normalized spacial score (nSPS) is 11.2. The summed E-state index contributed by atoms with van der Waals surface area (Å²) in [6, 6.07) is 8.11. The van der Waals surface area contributed by atoms with Crippen molar-refractivity contribution < 1.29 is 17.9 Å². The average molecular weight is 351 g/mol. The second-order valence-corrected chi connectivity index (χ2v) is 7.00. The molecule has 0 amide bonds. The van der Waals surface area contributed by atoms with Crippen molar-refractivity contribution in [3.63, 3.8) is 0 Å². The number of nitrogens with one attached hydrogen (secondary N) is 2. The minimum Gasteiger partial charge on any atom is -0.497 e. The molecule has 1 heterocycles. The number of sulfonamides is 1. The lowest BCUT2D eigenvalue weighted by atomic mass is 10.3. The summed E-state index contributed by atoms with van der Waals surface area (Å²) < 4.78 is 37.8. The van der Waals surface area contributed by atoms with E-state index in [9.17, 15) is 8.42 Å². The van der Waals surface area contributed by atoms with Crippen molar-refractivity contribution >= 4 is 21.5 Å². The van der Waals surface area contributed by atoms with Gasteiger partial charge in [-0.15, -0.1) is 0 Å². The Morgan fingerprint density at radius 2 is 1.83 bits per heavy atom. The van der Waals surface area contributed by atoms with Gasteiger partial charge in [0.05, 0.1) is 26.1 Å². The molecule has 0 unspecified atom stereocenters. The maximum Gasteiger partial charge on any atom is 0.266 e. The number of methoxy groups -OCH3 is 2. The van der Waals surface area contributed by atoms with Crippen LogP contribution in [-0.2, 0) is 10.0 Å². The first-order chi connectivity index (χ1) is 11.4. The number of hydrogen-bond acceptors (Lipinski definition) is 6. The van der Waals surface area contributed by atoms with Crippen LogP contribution < -0.4 is 19.5 Å². The third kappa shape index (κ3) is 4.29. The van der Waals surface area contributed by atoms with Gasteiger partial charge in [0.25, 0.3) is 10.0 Å². The summed E-state index contributed by atoms with van der Waals surface area (Å²) in [5.74, 6) is 0.926. The summed E-state index contributed by atoms with van der Waals surface area (Å²) in [5.41, 5.74) is 0.815. The zero-order chi connectivity index (χ0) is 17.7. The molecule has 0 bridgehead atoms. The standard InChI is InChI=1S/C16H21N3O4S/c1-11(2)18-12-5-8-16(17-10-12)19-24(20,21)15-7-6-13(22-3)9-14(15)23-4/h5-11,18H,1-4H3,(H,17,19). The van der Waals surface area contributed by atoms with Gasteiger partial charge in [0, 0.05) is 12.1 Å². The Kier molecular flexibility index (Phi) is 5.50. The van der Waals surface area contributed by atoms with Crippen LogP contribution in [0.4, 0.5) is 11.5 Å². The fraction of sp³-hybridized carbons (Fsp3) is 0.312. The van der Waals surface area contributed by atoms with Gasteiger partial charge < -0.3 is 14.8 Å². The second kappa shape index (κ2) is 7.39. The molecule has 2 N–H and O–H groups in total. The van der Waals surface area contributed by atoms with E-state index in [-0.39, 0.29) is 22.5 Å². The van der Waals surface area contributed by atoms with Gasteiger partial charge in [0.1, 0.15) is 22.2 Å². The van der Waals surface area contributed by atoms with E-state index >= 15 is 0 Å². The molecule has 0 atom stereocenters. The third-order valence-corrected chi connectivity index (χ3v) is 4.51. The first kappa shape index (κ1) is 17.9. The maximum atomic E-state index is 12.6. The number of nitrogens with zero attached hydrogens (tertiary/aromatic N) is 1. The maximum absolute atomic E-state index is 12.6. The summed E-state index contributed by atoms with van der Waals surface area (Å²) in [5, 5.41) is 3.18. The van der Waals surface area contributed by atoms with Gasteiger partial charge in [-0.3, -0.25) is 4.72 Å². The lowest BCUT2D eigenvalue weighted by molar-refractivity contribution is 0.386. The minimum absolute atomic E-state index is 0.0111. The summed E-state index contributed by atoms with van der Waals surface area (Å²) in [6.07, 6.45) is 1.57. The molecule has 0 spiro atoms. The molecule has 0 aliphatic heterocycles. The van der Waals surface area contributed by atoms with Crippen LogP contribution in [0.1, 0.15) is 13.8 Å². The van der Waals surface area contributed by atoms with E-state index in [2.05, 4.69) is 15.0 Å². The summed E-state index contributed by atoms with van der Waals surface area (Å²) in [6.45, 7) is 4.01. The average Bonchev–Trinajstić information content (AvgIpc) is 2.55. The molecule has 0 saturated carbocycles.